The van der Waals surface area contributed by atoms with E-state index in [2.05, 4.69) is 21.5 Å². The van der Waals surface area contributed by atoms with E-state index in [-0.39, 0.29) is 13.1 Å². The van der Waals surface area contributed by atoms with E-state index in [9.17, 15) is 14.4 Å². The van der Waals surface area contributed by atoms with Gasteiger partial charge in [-0.3, -0.25) is 25.2 Å². The van der Waals surface area contributed by atoms with Gasteiger partial charge in [-0.25, -0.2) is 0 Å². The minimum atomic E-state index is -0.542. The number of anilines is 1. The first kappa shape index (κ1) is 19.0. The van der Waals surface area contributed by atoms with Crippen molar-refractivity contribution in [3.8, 4) is 0 Å². The molecular formula is C18H22N4O4. The SMILES string of the molecule is Cc1ccc(NCC(=O)NNC(=O)CNC(=O)c2ccoc2C)c(C)c1. The fraction of sp³-hybridized carbons (Fsp3) is 0.278. The summed E-state index contributed by atoms with van der Waals surface area (Å²) in [4.78, 5) is 35.3. The van der Waals surface area contributed by atoms with E-state index in [1.54, 1.807) is 6.92 Å². The Morgan fingerprint density at radius 3 is 2.27 bits per heavy atom. The van der Waals surface area contributed by atoms with Crippen LogP contribution in [-0.2, 0) is 9.59 Å². The normalized spacial score (nSPS) is 10.1. The number of aryl methyl sites for hydroxylation is 3. The first-order valence-electron chi connectivity index (χ1n) is 8.08. The molecule has 0 radical (unpaired) electrons. The Morgan fingerprint density at radius 1 is 0.962 bits per heavy atom. The van der Waals surface area contributed by atoms with Crippen molar-refractivity contribution in [1.82, 2.24) is 16.2 Å². The van der Waals surface area contributed by atoms with Gasteiger partial charge < -0.3 is 15.1 Å². The van der Waals surface area contributed by atoms with Gasteiger partial charge >= 0.3 is 0 Å². The zero-order chi connectivity index (χ0) is 19.1. The lowest BCUT2D eigenvalue weighted by Crippen LogP contribution is -2.48. The van der Waals surface area contributed by atoms with Gasteiger partial charge in [0.15, 0.2) is 0 Å². The quantitative estimate of drug-likeness (QED) is 0.580. The van der Waals surface area contributed by atoms with Crippen LogP contribution in [0.25, 0.3) is 0 Å². The lowest BCUT2D eigenvalue weighted by molar-refractivity contribution is -0.127. The summed E-state index contributed by atoms with van der Waals surface area (Å²) >= 11 is 0. The molecule has 0 atom stereocenters. The molecule has 3 amide bonds. The number of rotatable bonds is 6. The standard InChI is InChI=1S/C18H22N4O4/c1-11-4-5-15(12(2)8-11)19-9-16(23)21-22-17(24)10-20-18(25)14-6-7-26-13(14)3/h4-8,19H,9-10H2,1-3H3,(H,20,25)(H,21,23)(H,22,24). The van der Waals surface area contributed by atoms with Gasteiger partial charge in [0.2, 0.25) is 0 Å². The van der Waals surface area contributed by atoms with Gasteiger partial charge in [0.25, 0.3) is 17.7 Å². The van der Waals surface area contributed by atoms with Crippen molar-refractivity contribution in [2.24, 2.45) is 0 Å². The summed E-state index contributed by atoms with van der Waals surface area (Å²) in [7, 11) is 0. The number of carbonyl (C=O) groups is 3. The highest BCUT2D eigenvalue weighted by molar-refractivity contribution is 5.97. The number of amides is 3. The minimum Gasteiger partial charge on any atom is -0.469 e. The van der Waals surface area contributed by atoms with Crippen molar-refractivity contribution in [3.05, 3.63) is 53.0 Å². The summed E-state index contributed by atoms with van der Waals surface area (Å²) in [5, 5.41) is 5.44. The summed E-state index contributed by atoms with van der Waals surface area (Å²) in [5.41, 5.74) is 7.89. The molecule has 0 saturated heterocycles. The molecule has 0 saturated carbocycles. The second kappa shape index (κ2) is 8.70. The fourth-order valence-corrected chi connectivity index (χ4v) is 2.29. The number of hydrogen-bond acceptors (Lipinski definition) is 5. The fourth-order valence-electron chi connectivity index (χ4n) is 2.29. The van der Waals surface area contributed by atoms with Gasteiger partial charge in [0, 0.05) is 5.69 Å². The number of benzene rings is 1. The Kier molecular flexibility index (Phi) is 6.37. The van der Waals surface area contributed by atoms with Crippen LogP contribution in [0.2, 0.25) is 0 Å². The highest BCUT2D eigenvalue weighted by Gasteiger charge is 2.12. The molecule has 0 bridgehead atoms. The smallest absolute Gasteiger partial charge is 0.257 e. The Labute approximate surface area is 151 Å². The predicted octanol–water partition coefficient (Wildman–Crippen LogP) is 1.19. The summed E-state index contributed by atoms with van der Waals surface area (Å²) in [6, 6.07) is 7.36. The third kappa shape index (κ3) is 5.37. The Balaban J connectivity index is 1.69. The Bertz CT molecular complexity index is 813. The summed E-state index contributed by atoms with van der Waals surface area (Å²) in [6.07, 6.45) is 1.40. The molecule has 0 aliphatic carbocycles. The number of carbonyl (C=O) groups excluding carboxylic acids is 3. The molecule has 1 heterocycles. The van der Waals surface area contributed by atoms with Crippen molar-refractivity contribution in [2.75, 3.05) is 18.4 Å². The molecule has 8 nitrogen and oxygen atoms in total. The topological polar surface area (TPSA) is 112 Å². The van der Waals surface area contributed by atoms with E-state index in [0.29, 0.717) is 11.3 Å². The minimum absolute atomic E-state index is 0.00472. The average Bonchev–Trinajstić information content (AvgIpc) is 3.03. The second-order valence-electron chi connectivity index (χ2n) is 5.84. The van der Waals surface area contributed by atoms with E-state index in [4.69, 9.17) is 4.42 Å². The molecule has 4 N–H and O–H groups in total. The van der Waals surface area contributed by atoms with E-state index in [1.807, 2.05) is 32.0 Å². The van der Waals surface area contributed by atoms with Gasteiger partial charge in [-0.15, -0.1) is 0 Å². The van der Waals surface area contributed by atoms with Crippen molar-refractivity contribution in [3.63, 3.8) is 0 Å². The zero-order valence-electron chi connectivity index (χ0n) is 14.9. The highest BCUT2D eigenvalue weighted by Crippen LogP contribution is 2.15. The number of hydrogen-bond donors (Lipinski definition) is 4. The van der Waals surface area contributed by atoms with Crippen LogP contribution >= 0.6 is 0 Å². The molecular weight excluding hydrogens is 336 g/mol. The molecule has 0 aliphatic heterocycles. The molecule has 0 aliphatic rings. The second-order valence-corrected chi connectivity index (χ2v) is 5.84. The van der Waals surface area contributed by atoms with E-state index in [0.717, 1.165) is 16.8 Å². The summed E-state index contributed by atoms with van der Waals surface area (Å²) in [6.45, 7) is 5.32. The highest BCUT2D eigenvalue weighted by atomic mass is 16.3. The van der Waals surface area contributed by atoms with Crippen LogP contribution in [0.4, 0.5) is 5.69 Å². The van der Waals surface area contributed by atoms with Crippen LogP contribution < -0.4 is 21.5 Å². The summed E-state index contributed by atoms with van der Waals surface area (Å²) in [5.74, 6) is -0.905. The lowest BCUT2D eigenvalue weighted by atomic mass is 10.1. The van der Waals surface area contributed by atoms with Gasteiger partial charge in [-0.2, -0.15) is 0 Å². The third-order valence-electron chi connectivity index (χ3n) is 3.68. The lowest BCUT2D eigenvalue weighted by Gasteiger charge is -2.11. The molecule has 1 aromatic heterocycles. The summed E-state index contributed by atoms with van der Waals surface area (Å²) < 4.78 is 5.02. The molecule has 8 heteroatoms. The van der Waals surface area contributed by atoms with Crippen LogP contribution in [-0.4, -0.2) is 30.8 Å². The molecule has 1 aromatic carbocycles. The maximum Gasteiger partial charge on any atom is 0.257 e. The molecule has 0 unspecified atom stereocenters. The van der Waals surface area contributed by atoms with Crippen LogP contribution in [0.15, 0.2) is 34.9 Å². The first-order valence-corrected chi connectivity index (χ1v) is 8.08. The largest absolute Gasteiger partial charge is 0.469 e. The van der Waals surface area contributed by atoms with Gasteiger partial charge in [-0.1, -0.05) is 17.7 Å². The van der Waals surface area contributed by atoms with E-state index >= 15 is 0 Å². The monoisotopic (exact) mass is 358 g/mol. The van der Waals surface area contributed by atoms with Gasteiger partial charge in [0.1, 0.15) is 5.76 Å². The number of hydrazine groups is 1. The Hall–Kier alpha value is -3.29. The van der Waals surface area contributed by atoms with Gasteiger partial charge in [0.05, 0.1) is 24.9 Å². The predicted molar refractivity (Wildman–Crippen MR) is 96.5 cm³/mol. The van der Waals surface area contributed by atoms with Crippen molar-refractivity contribution in [2.45, 2.75) is 20.8 Å². The molecule has 0 fully saturated rings. The third-order valence-corrected chi connectivity index (χ3v) is 3.68. The van der Waals surface area contributed by atoms with Crippen LogP contribution in [0.5, 0.6) is 0 Å². The number of furan rings is 1. The van der Waals surface area contributed by atoms with Crippen LogP contribution in [0.1, 0.15) is 27.2 Å². The van der Waals surface area contributed by atoms with Crippen molar-refractivity contribution < 1.29 is 18.8 Å². The Morgan fingerprint density at radius 2 is 1.65 bits per heavy atom. The molecule has 0 spiro atoms. The first-order chi connectivity index (χ1) is 12.4. The molecule has 2 rings (SSSR count). The van der Waals surface area contributed by atoms with Crippen molar-refractivity contribution >= 4 is 23.4 Å². The van der Waals surface area contributed by atoms with Gasteiger partial charge in [-0.05, 0) is 38.5 Å². The number of nitrogens with one attached hydrogen (secondary N) is 4. The average molecular weight is 358 g/mol. The molecule has 138 valence electrons. The van der Waals surface area contributed by atoms with E-state index < -0.39 is 17.7 Å². The molecule has 2 aromatic rings. The maximum absolute atomic E-state index is 11.8. The van der Waals surface area contributed by atoms with Crippen LogP contribution in [0.3, 0.4) is 0 Å². The van der Waals surface area contributed by atoms with Crippen LogP contribution in [0, 0.1) is 20.8 Å². The maximum atomic E-state index is 11.8. The van der Waals surface area contributed by atoms with Crippen molar-refractivity contribution in [1.29, 1.82) is 0 Å². The zero-order valence-corrected chi connectivity index (χ0v) is 14.9. The molecule has 26 heavy (non-hydrogen) atoms. The van der Waals surface area contributed by atoms with E-state index in [1.165, 1.54) is 12.3 Å².